The first-order valence-electron chi connectivity index (χ1n) is 12.8. The third-order valence-electron chi connectivity index (χ3n) is 5.98. The fraction of sp³-hybridized carbons (Fsp3) is 0.704. The lowest BCUT2D eigenvalue weighted by Crippen LogP contribution is -2.37. The van der Waals surface area contributed by atoms with Crippen molar-refractivity contribution in [2.75, 3.05) is 13.2 Å². The monoisotopic (exact) mass is 577 g/mol. The Labute approximate surface area is 233 Å². The topological polar surface area (TPSA) is 162 Å². The van der Waals surface area contributed by atoms with Gasteiger partial charge < -0.3 is 23.5 Å². The van der Waals surface area contributed by atoms with Crippen molar-refractivity contribution in [3.8, 4) is 0 Å². The van der Waals surface area contributed by atoms with Crippen LogP contribution in [0, 0.1) is 11.8 Å². The van der Waals surface area contributed by atoms with Gasteiger partial charge in [0.25, 0.3) is 0 Å². The zero-order valence-electron chi connectivity index (χ0n) is 22.7. The van der Waals surface area contributed by atoms with E-state index in [0.29, 0.717) is 38.5 Å². The van der Waals surface area contributed by atoms with Crippen LogP contribution < -0.4 is 0 Å². The second-order valence-electron chi connectivity index (χ2n) is 8.77. The molecule has 0 aromatic rings. The highest BCUT2D eigenvalue weighted by Crippen LogP contribution is 2.21. The number of ether oxygens (including phenoxy) is 4. The molecule has 0 N–H and O–H groups in total. The van der Waals surface area contributed by atoms with E-state index >= 15 is 0 Å². The lowest BCUT2D eigenvalue weighted by molar-refractivity contribution is -0.157. The average molecular weight is 578 g/mol. The number of hydrogen-bond acceptors (Lipinski definition) is 11. The molecule has 0 bridgehead atoms. The summed E-state index contributed by atoms with van der Waals surface area (Å²) in [5.74, 6) is -4.62. The maximum absolute atomic E-state index is 12.5. The zero-order chi connectivity index (χ0) is 29.3. The number of hydrogen-bond donors (Lipinski definition) is 0. The SMILES string of the molecule is C.C=CC(=O)OC(CCC)C(CC)COC(=O)CC(C(=O)OCC(CC)C(CCC)OC(=O)C=C)S(=O)(=O)[O-]. The van der Waals surface area contributed by atoms with Crippen molar-refractivity contribution in [1.29, 1.82) is 0 Å². The van der Waals surface area contributed by atoms with Crippen LogP contribution in [0.4, 0.5) is 0 Å². The first kappa shape index (κ1) is 38.4. The van der Waals surface area contributed by atoms with E-state index in [1.807, 2.05) is 13.8 Å². The lowest BCUT2D eigenvalue weighted by Gasteiger charge is -2.27. The van der Waals surface area contributed by atoms with Crippen LogP contribution in [-0.4, -0.2) is 67.5 Å². The van der Waals surface area contributed by atoms with E-state index in [4.69, 9.17) is 18.9 Å². The van der Waals surface area contributed by atoms with E-state index in [1.165, 1.54) is 0 Å². The minimum absolute atomic E-state index is 0. The van der Waals surface area contributed by atoms with Crippen molar-refractivity contribution < 1.29 is 51.1 Å². The van der Waals surface area contributed by atoms with Gasteiger partial charge in [0.15, 0.2) is 5.25 Å². The molecule has 0 spiro atoms. The van der Waals surface area contributed by atoms with Gasteiger partial charge in [-0.15, -0.1) is 0 Å². The molecule has 0 aliphatic rings. The number of rotatable bonds is 20. The Hall–Kier alpha value is -2.73. The van der Waals surface area contributed by atoms with Gasteiger partial charge >= 0.3 is 23.9 Å². The molecule has 0 rings (SSSR count). The molecule has 0 radical (unpaired) electrons. The van der Waals surface area contributed by atoms with Gasteiger partial charge in [-0.05, 0) is 25.7 Å². The van der Waals surface area contributed by atoms with Crippen LogP contribution in [-0.2, 0) is 48.2 Å². The minimum Gasteiger partial charge on any atom is -0.747 e. The van der Waals surface area contributed by atoms with E-state index in [9.17, 15) is 32.1 Å². The molecule has 12 heteroatoms. The summed E-state index contributed by atoms with van der Waals surface area (Å²) in [6.07, 6.45) is 3.01. The van der Waals surface area contributed by atoms with Gasteiger partial charge in [-0.3, -0.25) is 9.59 Å². The van der Waals surface area contributed by atoms with Crippen LogP contribution in [0.2, 0.25) is 0 Å². The molecule has 0 aliphatic carbocycles. The highest BCUT2D eigenvalue weighted by Gasteiger charge is 2.33. The summed E-state index contributed by atoms with van der Waals surface area (Å²) in [7, 11) is -5.26. The predicted molar refractivity (Wildman–Crippen MR) is 144 cm³/mol. The largest absolute Gasteiger partial charge is 0.747 e. The second kappa shape index (κ2) is 20.2. The second-order valence-corrected chi connectivity index (χ2v) is 10.3. The predicted octanol–water partition coefficient (Wildman–Crippen LogP) is 3.86. The van der Waals surface area contributed by atoms with Gasteiger partial charge in [0.05, 0.1) is 19.6 Å². The number of carbonyl (C=O) groups excluding carboxylic acids is 4. The van der Waals surface area contributed by atoms with Crippen LogP contribution in [0.3, 0.4) is 0 Å². The van der Waals surface area contributed by atoms with Crippen LogP contribution in [0.15, 0.2) is 25.3 Å². The fourth-order valence-corrected chi connectivity index (χ4v) is 4.36. The van der Waals surface area contributed by atoms with Crippen LogP contribution in [0.1, 0.15) is 80.1 Å². The molecule has 5 atom stereocenters. The first-order chi connectivity index (χ1) is 17.9. The van der Waals surface area contributed by atoms with Gasteiger partial charge in [-0.1, -0.05) is 61.1 Å². The van der Waals surface area contributed by atoms with Gasteiger partial charge in [0.2, 0.25) is 0 Å². The van der Waals surface area contributed by atoms with E-state index in [-0.39, 0.29) is 20.6 Å². The van der Waals surface area contributed by atoms with Crippen molar-refractivity contribution in [2.45, 2.75) is 97.5 Å². The third-order valence-corrected chi connectivity index (χ3v) is 7.03. The molecule has 5 unspecified atom stereocenters. The molecule has 226 valence electrons. The van der Waals surface area contributed by atoms with Crippen molar-refractivity contribution in [3.05, 3.63) is 25.3 Å². The Kier molecular flexibility index (Phi) is 19.9. The minimum atomic E-state index is -5.26. The molecular formula is C27H45O11S-. The van der Waals surface area contributed by atoms with Crippen LogP contribution >= 0.6 is 0 Å². The molecule has 0 aromatic carbocycles. The van der Waals surface area contributed by atoms with Crippen molar-refractivity contribution >= 4 is 34.0 Å². The smallest absolute Gasteiger partial charge is 0.330 e. The first-order valence-corrected chi connectivity index (χ1v) is 14.3. The summed E-state index contributed by atoms with van der Waals surface area (Å²) in [6.45, 7) is 13.5. The quantitative estimate of drug-likeness (QED) is 0.0893. The highest BCUT2D eigenvalue weighted by molar-refractivity contribution is 7.87. The molecule has 11 nitrogen and oxygen atoms in total. The molecular weight excluding hydrogens is 532 g/mol. The fourth-order valence-electron chi connectivity index (χ4n) is 3.72. The van der Waals surface area contributed by atoms with Gasteiger partial charge in [0.1, 0.15) is 22.3 Å². The summed E-state index contributed by atoms with van der Waals surface area (Å²) >= 11 is 0. The molecule has 0 fully saturated rings. The summed E-state index contributed by atoms with van der Waals surface area (Å²) in [6, 6.07) is 0. The molecule has 39 heavy (non-hydrogen) atoms. The van der Waals surface area contributed by atoms with E-state index < -0.39 is 69.7 Å². The summed E-state index contributed by atoms with van der Waals surface area (Å²) in [5.41, 5.74) is 0. The Morgan fingerprint density at radius 2 is 1.21 bits per heavy atom. The summed E-state index contributed by atoms with van der Waals surface area (Å²) < 4.78 is 56.2. The Bertz CT molecular complexity index is 897. The van der Waals surface area contributed by atoms with Crippen molar-refractivity contribution in [2.24, 2.45) is 11.8 Å². The third kappa shape index (κ3) is 14.9. The van der Waals surface area contributed by atoms with Crippen LogP contribution in [0.25, 0.3) is 0 Å². The standard InChI is InChI=1S/C26H42O11S.CH4/c1-7-13-20(36-23(27)11-5)18(9-3)16-34-25(29)15-22(38(31,32)33)26(30)35-17-19(10-4)21(14-8-2)37-24(28)12-6;/h11-12,18-22H,5-10,13-17H2,1-4H3,(H,31,32,33);1H4/p-1. The maximum atomic E-state index is 12.5. The molecule has 0 aromatic heterocycles. The van der Waals surface area contributed by atoms with E-state index in [0.717, 1.165) is 12.2 Å². The van der Waals surface area contributed by atoms with Crippen molar-refractivity contribution in [1.82, 2.24) is 0 Å². The van der Waals surface area contributed by atoms with Crippen LogP contribution in [0.5, 0.6) is 0 Å². The van der Waals surface area contributed by atoms with Crippen molar-refractivity contribution in [3.63, 3.8) is 0 Å². The molecule has 0 amide bonds. The van der Waals surface area contributed by atoms with Gasteiger partial charge in [-0.2, -0.15) is 0 Å². The number of carbonyl (C=O) groups is 4. The highest BCUT2D eigenvalue weighted by atomic mass is 32.2. The molecule has 0 heterocycles. The number of esters is 4. The Balaban J connectivity index is 0. The lowest BCUT2D eigenvalue weighted by atomic mass is 9.96. The van der Waals surface area contributed by atoms with Gasteiger partial charge in [0, 0.05) is 24.0 Å². The Morgan fingerprint density at radius 1 is 0.795 bits per heavy atom. The molecule has 0 saturated heterocycles. The summed E-state index contributed by atoms with van der Waals surface area (Å²) in [4.78, 5) is 48.2. The molecule has 0 saturated carbocycles. The average Bonchev–Trinajstić information content (AvgIpc) is 2.86. The van der Waals surface area contributed by atoms with Gasteiger partial charge in [-0.25, -0.2) is 18.0 Å². The Morgan fingerprint density at radius 3 is 1.54 bits per heavy atom. The van der Waals surface area contributed by atoms with E-state index in [2.05, 4.69) is 13.2 Å². The molecule has 0 aliphatic heterocycles. The normalized spacial score (nSPS) is 14.8. The van der Waals surface area contributed by atoms with E-state index in [1.54, 1.807) is 13.8 Å². The zero-order valence-corrected chi connectivity index (χ0v) is 23.5. The maximum Gasteiger partial charge on any atom is 0.330 e. The summed E-state index contributed by atoms with van der Waals surface area (Å²) in [5, 5.41) is -2.31.